The molecular weight excluding hydrogens is 268 g/mol. The summed E-state index contributed by atoms with van der Waals surface area (Å²) in [6.07, 6.45) is 0. The Morgan fingerprint density at radius 2 is 1.95 bits per heavy atom. The molecule has 106 valence electrons. The maximum absolute atomic E-state index is 12.5. The minimum absolute atomic E-state index is 0.0622. The molecule has 0 saturated carbocycles. The van der Waals surface area contributed by atoms with E-state index in [-0.39, 0.29) is 18.2 Å². The predicted octanol–water partition coefficient (Wildman–Crippen LogP) is 2.77. The summed E-state index contributed by atoms with van der Waals surface area (Å²) in [5.41, 5.74) is 0.952. The number of benzene rings is 2. The van der Waals surface area contributed by atoms with E-state index < -0.39 is 5.92 Å². The molecule has 0 radical (unpaired) electrons. The molecule has 0 bridgehead atoms. The molecule has 0 N–H and O–H groups in total. The molecule has 0 saturated heterocycles. The van der Waals surface area contributed by atoms with Gasteiger partial charge in [-0.1, -0.05) is 30.3 Å². The Hall–Kier alpha value is -2.62. The second-order valence-corrected chi connectivity index (χ2v) is 4.82. The molecule has 2 aromatic rings. The van der Waals surface area contributed by atoms with E-state index in [9.17, 15) is 9.59 Å². The minimum Gasteiger partial charge on any atom is -0.497 e. The summed E-state index contributed by atoms with van der Waals surface area (Å²) in [5.74, 6) is -0.103. The second-order valence-electron chi connectivity index (χ2n) is 4.82. The van der Waals surface area contributed by atoms with E-state index in [1.807, 2.05) is 6.07 Å². The quantitative estimate of drug-likeness (QED) is 0.641. The summed E-state index contributed by atoms with van der Waals surface area (Å²) in [4.78, 5) is 24.9. The van der Waals surface area contributed by atoms with Crippen LogP contribution in [0, 0.1) is 5.92 Å². The van der Waals surface area contributed by atoms with Gasteiger partial charge in [0.05, 0.1) is 12.7 Å². The van der Waals surface area contributed by atoms with Gasteiger partial charge in [-0.05, 0) is 12.1 Å². The smallest absolute Gasteiger partial charge is 0.180 e. The van der Waals surface area contributed by atoms with Crippen molar-refractivity contribution in [2.75, 3.05) is 13.7 Å². The number of carbonyl (C=O) groups excluding carboxylic acids is 2. The zero-order valence-corrected chi connectivity index (χ0v) is 11.5. The molecule has 1 heterocycles. The van der Waals surface area contributed by atoms with Gasteiger partial charge in [0.2, 0.25) is 0 Å². The number of fused-ring (bicyclic) bond motifs is 1. The predicted molar refractivity (Wildman–Crippen MR) is 77.1 cm³/mol. The van der Waals surface area contributed by atoms with E-state index in [0.717, 1.165) is 0 Å². The minimum atomic E-state index is -0.784. The molecule has 0 amide bonds. The summed E-state index contributed by atoms with van der Waals surface area (Å²) in [7, 11) is 1.55. The average Bonchev–Trinajstić information content (AvgIpc) is 2.55. The van der Waals surface area contributed by atoms with Gasteiger partial charge in [0.15, 0.2) is 11.6 Å². The number of hydrogen-bond donors (Lipinski definition) is 0. The Labute approximate surface area is 122 Å². The third-order valence-corrected chi connectivity index (χ3v) is 3.55. The molecule has 1 aliphatic heterocycles. The lowest BCUT2D eigenvalue weighted by atomic mass is 9.88. The first-order valence-electron chi connectivity index (χ1n) is 6.65. The average molecular weight is 282 g/mol. The monoisotopic (exact) mass is 282 g/mol. The molecular formula is C17H14O4. The molecule has 4 heteroatoms. The fourth-order valence-corrected chi connectivity index (χ4v) is 2.39. The van der Waals surface area contributed by atoms with Crippen molar-refractivity contribution in [3.8, 4) is 11.5 Å². The van der Waals surface area contributed by atoms with Crippen molar-refractivity contribution in [1.29, 1.82) is 0 Å². The van der Waals surface area contributed by atoms with Crippen LogP contribution < -0.4 is 9.47 Å². The molecule has 2 aromatic carbocycles. The van der Waals surface area contributed by atoms with Crippen LogP contribution in [-0.2, 0) is 0 Å². The van der Waals surface area contributed by atoms with Crippen molar-refractivity contribution >= 4 is 11.6 Å². The molecule has 4 nitrogen and oxygen atoms in total. The van der Waals surface area contributed by atoms with E-state index in [4.69, 9.17) is 9.47 Å². The van der Waals surface area contributed by atoms with E-state index in [2.05, 4.69) is 0 Å². The number of Topliss-reactive ketones (excluding diaryl/α,β-unsaturated/α-hetero) is 2. The fraction of sp³-hybridized carbons (Fsp3) is 0.176. The summed E-state index contributed by atoms with van der Waals surface area (Å²) in [5, 5.41) is 0. The van der Waals surface area contributed by atoms with Crippen LogP contribution >= 0.6 is 0 Å². The molecule has 21 heavy (non-hydrogen) atoms. The molecule has 1 unspecified atom stereocenters. The van der Waals surface area contributed by atoms with Crippen molar-refractivity contribution in [2.45, 2.75) is 0 Å². The van der Waals surface area contributed by atoms with Gasteiger partial charge in [-0.2, -0.15) is 0 Å². The maximum atomic E-state index is 12.5. The first kappa shape index (κ1) is 13.4. The van der Waals surface area contributed by atoms with E-state index >= 15 is 0 Å². The highest BCUT2D eigenvalue weighted by Gasteiger charge is 2.34. The molecule has 0 spiro atoms. The van der Waals surface area contributed by atoms with Crippen molar-refractivity contribution in [2.24, 2.45) is 5.92 Å². The van der Waals surface area contributed by atoms with E-state index in [0.29, 0.717) is 22.6 Å². The summed E-state index contributed by atoms with van der Waals surface area (Å²) in [6, 6.07) is 13.8. The normalized spacial score (nSPS) is 16.8. The number of ether oxygens (including phenoxy) is 2. The number of rotatable bonds is 3. The van der Waals surface area contributed by atoms with E-state index in [1.165, 1.54) is 0 Å². The van der Waals surface area contributed by atoms with Gasteiger partial charge in [0.1, 0.15) is 24.0 Å². The van der Waals surface area contributed by atoms with Gasteiger partial charge < -0.3 is 9.47 Å². The summed E-state index contributed by atoms with van der Waals surface area (Å²) >= 11 is 0. The molecule has 0 aliphatic carbocycles. The summed E-state index contributed by atoms with van der Waals surface area (Å²) in [6.45, 7) is 0.0622. The third kappa shape index (κ3) is 2.40. The number of hydrogen-bond acceptors (Lipinski definition) is 4. The summed E-state index contributed by atoms with van der Waals surface area (Å²) < 4.78 is 10.7. The van der Waals surface area contributed by atoms with Gasteiger partial charge in [0, 0.05) is 11.6 Å². The van der Waals surface area contributed by atoms with Crippen LogP contribution in [0.1, 0.15) is 20.7 Å². The SMILES string of the molecule is COc1ccc2c(c1)OCC(C(=O)c1ccccc1)C2=O. The lowest BCUT2D eigenvalue weighted by Crippen LogP contribution is -2.34. The van der Waals surface area contributed by atoms with E-state index in [1.54, 1.807) is 49.6 Å². The number of methoxy groups -OCH3 is 1. The highest BCUT2D eigenvalue weighted by atomic mass is 16.5. The van der Waals surface area contributed by atoms with Gasteiger partial charge in [-0.25, -0.2) is 0 Å². The van der Waals surface area contributed by atoms with Crippen LogP contribution in [0.2, 0.25) is 0 Å². The standard InChI is InChI=1S/C17H14O4/c1-20-12-7-8-13-15(9-12)21-10-14(17(13)19)16(18)11-5-3-2-4-6-11/h2-9,14H,10H2,1H3. The Kier molecular flexibility index (Phi) is 3.44. The molecule has 0 aromatic heterocycles. The number of ketones is 2. The maximum Gasteiger partial charge on any atom is 0.180 e. The highest BCUT2D eigenvalue weighted by molar-refractivity contribution is 6.17. The Morgan fingerprint density at radius 3 is 2.67 bits per heavy atom. The Morgan fingerprint density at radius 1 is 1.19 bits per heavy atom. The molecule has 0 fully saturated rings. The van der Waals surface area contributed by atoms with Crippen LogP contribution in [0.25, 0.3) is 0 Å². The van der Waals surface area contributed by atoms with Crippen molar-refractivity contribution < 1.29 is 19.1 Å². The first-order chi connectivity index (χ1) is 10.2. The van der Waals surface area contributed by atoms with Crippen molar-refractivity contribution in [3.63, 3.8) is 0 Å². The third-order valence-electron chi connectivity index (χ3n) is 3.55. The van der Waals surface area contributed by atoms with Gasteiger partial charge in [-0.3, -0.25) is 9.59 Å². The molecule has 1 atom stereocenters. The van der Waals surface area contributed by atoms with Crippen molar-refractivity contribution in [3.05, 3.63) is 59.7 Å². The van der Waals surface area contributed by atoms with Gasteiger partial charge >= 0.3 is 0 Å². The zero-order valence-electron chi connectivity index (χ0n) is 11.5. The van der Waals surface area contributed by atoms with Crippen molar-refractivity contribution in [1.82, 2.24) is 0 Å². The number of carbonyl (C=O) groups is 2. The van der Waals surface area contributed by atoms with Crippen LogP contribution in [0.15, 0.2) is 48.5 Å². The van der Waals surface area contributed by atoms with Gasteiger partial charge in [0.25, 0.3) is 0 Å². The lowest BCUT2D eigenvalue weighted by Gasteiger charge is -2.23. The van der Waals surface area contributed by atoms with Crippen LogP contribution in [-0.4, -0.2) is 25.3 Å². The van der Waals surface area contributed by atoms with Crippen LogP contribution in [0.5, 0.6) is 11.5 Å². The highest BCUT2D eigenvalue weighted by Crippen LogP contribution is 2.32. The van der Waals surface area contributed by atoms with Crippen LogP contribution in [0.4, 0.5) is 0 Å². The lowest BCUT2D eigenvalue weighted by molar-refractivity contribution is 0.0723. The molecule has 1 aliphatic rings. The van der Waals surface area contributed by atoms with Crippen LogP contribution in [0.3, 0.4) is 0 Å². The molecule has 3 rings (SSSR count). The fourth-order valence-electron chi connectivity index (χ4n) is 2.39. The largest absolute Gasteiger partial charge is 0.497 e. The topological polar surface area (TPSA) is 52.6 Å². The zero-order chi connectivity index (χ0) is 14.8. The first-order valence-corrected chi connectivity index (χ1v) is 6.65. The Balaban J connectivity index is 1.91. The second kappa shape index (κ2) is 5.40. The Bertz CT molecular complexity index is 691. The van der Waals surface area contributed by atoms with Gasteiger partial charge in [-0.15, -0.1) is 0 Å².